The maximum absolute atomic E-state index is 8.57. The summed E-state index contributed by atoms with van der Waals surface area (Å²) in [5, 5.41) is 1.82. The Balaban J connectivity index is 2.40. The maximum Gasteiger partial charge on any atom is 0.220 e. The number of fused-ring (bicyclic) bond motifs is 1. The lowest BCUT2D eigenvalue weighted by molar-refractivity contribution is -0.659. The van der Waals surface area contributed by atoms with Crippen molar-refractivity contribution in [1.82, 2.24) is 0 Å². The van der Waals surface area contributed by atoms with Crippen molar-refractivity contribution in [2.24, 2.45) is 13.0 Å². The SMILES string of the molecule is [2H]c1c([2H])[n+](C)c(-c2cc(C([2H])(C)C)cc(C)c2C)c2ccc(CC(C)C)cc12. The molecule has 0 radical (unpaired) electrons. The Morgan fingerprint density at radius 3 is 2.46 bits per heavy atom. The average Bonchev–Trinajstić information content (AvgIpc) is 2.62. The Bertz CT molecular complexity index is 1090. The smallest absolute Gasteiger partial charge is 0.200 e. The molecule has 0 aliphatic carbocycles. The van der Waals surface area contributed by atoms with Gasteiger partial charge >= 0.3 is 0 Å². The van der Waals surface area contributed by atoms with Gasteiger partial charge in [-0.15, -0.1) is 0 Å². The number of aryl methyl sites for hydroxylation is 1. The van der Waals surface area contributed by atoms with Gasteiger partial charge in [0.2, 0.25) is 5.69 Å². The van der Waals surface area contributed by atoms with E-state index in [4.69, 9.17) is 4.11 Å². The van der Waals surface area contributed by atoms with Gasteiger partial charge in [0, 0.05) is 7.41 Å². The second kappa shape index (κ2) is 7.23. The van der Waals surface area contributed by atoms with Crippen LogP contribution in [0.15, 0.2) is 42.5 Å². The van der Waals surface area contributed by atoms with E-state index in [2.05, 4.69) is 58.0 Å². The van der Waals surface area contributed by atoms with Crippen LogP contribution in [0.3, 0.4) is 0 Å². The third-order valence-electron chi connectivity index (χ3n) is 5.18. The molecule has 0 atom stereocenters. The first-order valence-corrected chi connectivity index (χ1v) is 9.45. The summed E-state index contributed by atoms with van der Waals surface area (Å²) < 4.78 is 27.5. The van der Waals surface area contributed by atoms with Crippen LogP contribution in [0.4, 0.5) is 0 Å². The molecule has 0 saturated heterocycles. The van der Waals surface area contributed by atoms with E-state index in [1.165, 1.54) is 5.56 Å². The lowest BCUT2D eigenvalue weighted by Crippen LogP contribution is -2.31. The van der Waals surface area contributed by atoms with E-state index in [1.54, 1.807) is 0 Å². The molecule has 1 heteroatoms. The van der Waals surface area contributed by atoms with Gasteiger partial charge in [-0.05, 0) is 71.9 Å². The summed E-state index contributed by atoms with van der Waals surface area (Å²) in [7, 11) is 1.87. The fraction of sp³-hybridized carbons (Fsp3) is 0.400. The first kappa shape index (κ1) is 15.0. The predicted molar refractivity (Wildman–Crippen MR) is 113 cm³/mol. The van der Waals surface area contributed by atoms with Crippen LogP contribution in [0.1, 0.15) is 60.0 Å². The number of nitrogens with zero attached hydrogens (tertiary/aromatic N) is 1. The van der Waals surface area contributed by atoms with Crippen LogP contribution in [-0.2, 0) is 13.5 Å². The van der Waals surface area contributed by atoms with Crippen molar-refractivity contribution in [1.29, 1.82) is 0 Å². The second-order valence-electron chi connectivity index (χ2n) is 8.09. The zero-order valence-electron chi connectivity index (χ0n) is 20.1. The zero-order valence-corrected chi connectivity index (χ0v) is 17.1. The zero-order chi connectivity index (χ0) is 21.7. The van der Waals surface area contributed by atoms with Crippen molar-refractivity contribution in [2.45, 2.75) is 53.9 Å². The first-order chi connectivity index (χ1) is 13.4. The van der Waals surface area contributed by atoms with Crippen molar-refractivity contribution >= 4 is 10.8 Å². The van der Waals surface area contributed by atoms with Gasteiger partial charge in [-0.1, -0.05) is 45.9 Å². The minimum Gasteiger partial charge on any atom is -0.200 e. The Hall–Kier alpha value is -2.15. The van der Waals surface area contributed by atoms with E-state index in [0.29, 0.717) is 5.92 Å². The molecule has 136 valence electrons. The Kier molecular flexibility index (Phi) is 4.16. The Labute approximate surface area is 162 Å². The molecule has 0 spiro atoms. The van der Waals surface area contributed by atoms with Gasteiger partial charge in [0.1, 0.15) is 8.42 Å². The molecule has 0 fully saturated rings. The van der Waals surface area contributed by atoms with Crippen molar-refractivity contribution < 1.29 is 8.68 Å². The van der Waals surface area contributed by atoms with Crippen molar-refractivity contribution in [3.63, 3.8) is 0 Å². The van der Waals surface area contributed by atoms with E-state index in [9.17, 15) is 0 Å². The number of benzene rings is 2. The molecule has 0 aliphatic rings. The molecule has 0 bridgehead atoms. The largest absolute Gasteiger partial charge is 0.220 e. The third kappa shape index (κ3) is 3.53. The predicted octanol–water partition coefficient (Wildman–Crippen LogP) is 6.27. The highest BCUT2D eigenvalue weighted by Crippen LogP contribution is 2.32. The molecule has 0 aliphatic heterocycles. The summed E-state index contributed by atoms with van der Waals surface area (Å²) in [5.74, 6) is -0.164. The standard InChI is InChI=1S/C25H32N/c1-16(2)12-20-8-9-23-21(14-20)10-11-26(7)25(23)24-15-22(17(3)4)13-18(5)19(24)6/h8-11,13-17H,12H2,1-7H3/q+1/i10D,11D,17D. The quantitative estimate of drug-likeness (QED) is 0.489. The van der Waals surface area contributed by atoms with Gasteiger partial charge in [-0.3, -0.25) is 0 Å². The van der Waals surface area contributed by atoms with Gasteiger partial charge in [0.15, 0.2) is 6.17 Å². The molecule has 2 aromatic carbocycles. The maximum atomic E-state index is 8.57. The van der Waals surface area contributed by atoms with Gasteiger partial charge in [-0.2, -0.15) is 0 Å². The summed E-state index contributed by atoms with van der Waals surface area (Å²) in [4.78, 5) is 0. The van der Waals surface area contributed by atoms with Crippen molar-refractivity contribution in [3.05, 3.63) is 64.8 Å². The van der Waals surface area contributed by atoms with E-state index in [-0.39, 0.29) is 12.2 Å². The van der Waals surface area contributed by atoms with E-state index in [0.717, 1.165) is 45.1 Å². The normalized spacial score (nSPS) is 13.8. The molecule has 1 aromatic heterocycles. The molecule has 0 N–H and O–H groups in total. The van der Waals surface area contributed by atoms with E-state index in [1.807, 2.05) is 25.5 Å². The van der Waals surface area contributed by atoms with E-state index < -0.39 is 5.89 Å². The number of pyridine rings is 1. The second-order valence-corrected chi connectivity index (χ2v) is 8.09. The summed E-state index contributed by atoms with van der Waals surface area (Å²) >= 11 is 0. The van der Waals surface area contributed by atoms with Crippen LogP contribution in [0, 0.1) is 19.8 Å². The number of hydrogen-bond acceptors (Lipinski definition) is 0. The van der Waals surface area contributed by atoms with Crippen LogP contribution >= 0.6 is 0 Å². The number of aromatic nitrogens is 1. The fourth-order valence-corrected chi connectivity index (χ4v) is 3.60. The van der Waals surface area contributed by atoms with Crippen molar-refractivity contribution in [3.8, 4) is 11.3 Å². The van der Waals surface area contributed by atoms with Crippen LogP contribution in [0.5, 0.6) is 0 Å². The highest BCUT2D eigenvalue weighted by Gasteiger charge is 2.19. The number of hydrogen-bond donors (Lipinski definition) is 0. The molecular formula is C25H32N+. The topological polar surface area (TPSA) is 3.88 Å². The van der Waals surface area contributed by atoms with Crippen LogP contribution < -0.4 is 4.57 Å². The summed E-state index contributed by atoms with van der Waals surface area (Å²) in [6.45, 7) is 12.4. The molecule has 0 unspecified atom stereocenters. The lowest BCUT2D eigenvalue weighted by Gasteiger charge is -2.15. The molecule has 1 heterocycles. The van der Waals surface area contributed by atoms with Gasteiger partial charge in [-0.25, -0.2) is 4.57 Å². The molecule has 3 aromatic rings. The minimum absolute atomic E-state index is 0.210. The first-order valence-electron chi connectivity index (χ1n) is 11.0. The third-order valence-corrected chi connectivity index (χ3v) is 5.18. The highest BCUT2D eigenvalue weighted by molar-refractivity contribution is 5.94. The number of rotatable bonds is 4. The molecule has 26 heavy (non-hydrogen) atoms. The minimum atomic E-state index is -0.703. The summed E-state index contributed by atoms with van der Waals surface area (Å²) in [5.41, 5.74) is 6.44. The Morgan fingerprint density at radius 2 is 1.81 bits per heavy atom. The molecule has 0 saturated carbocycles. The van der Waals surface area contributed by atoms with Crippen molar-refractivity contribution in [2.75, 3.05) is 0 Å². The Morgan fingerprint density at radius 1 is 1.08 bits per heavy atom. The van der Waals surface area contributed by atoms with E-state index >= 15 is 0 Å². The van der Waals surface area contributed by atoms with Gasteiger partial charge in [0.25, 0.3) is 0 Å². The fourth-order valence-electron chi connectivity index (χ4n) is 3.60. The molecule has 1 nitrogen and oxygen atoms in total. The summed E-state index contributed by atoms with van der Waals surface area (Å²) in [6.07, 6.45) is 1.17. The van der Waals surface area contributed by atoms with Gasteiger partial charge < -0.3 is 0 Å². The highest BCUT2D eigenvalue weighted by atomic mass is 14.9. The van der Waals surface area contributed by atoms with Crippen LogP contribution in [0.2, 0.25) is 0 Å². The van der Waals surface area contributed by atoms with Gasteiger partial charge in [0.05, 0.1) is 12.3 Å². The molecule has 3 rings (SSSR count). The average molecular weight is 350 g/mol. The summed E-state index contributed by atoms with van der Waals surface area (Å²) in [6, 6.07) is 10.8. The lowest BCUT2D eigenvalue weighted by atomic mass is 9.90. The molecule has 0 amide bonds. The van der Waals surface area contributed by atoms with Crippen LogP contribution in [-0.4, -0.2) is 0 Å². The monoisotopic (exact) mass is 349 g/mol. The van der Waals surface area contributed by atoms with Crippen LogP contribution in [0.25, 0.3) is 22.0 Å². The molecular weight excluding hydrogens is 314 g/mol.